The van der Waals surface area contributed by atoms with Crippen LogP contribution in [-0.4, -0.2) is 18.5 Å². The number of hydrogen-bond donors (Lipinski definition) is 2. The Labute approximate surface area is 119 Å². The molecular weight excluding hydrogens is 256 g/mol. The van der Waals surface area contributed by atoms with E-state index in [9.17, 15) is 4.79 Å². The van der Waals surface area contributed by atoms with E-state index in [2.05, 4.69) is 22.8 Å². The van der Waals surface area contributed by atoms with Crippen LogP contribution in [0, 0.1) is 5.92 Å². The van der Waals surface area contributed by atoms with Crippen LogP contribution in [0.4, 0.5) is 0 Å². The first-order valence-electron chi connectivity index (χ1n) is 7.30. The van der Waals surface area contributed by atoms with Gasteiger partial charge in [-0.2, -0.15) is 0 Å². The van der Waals surface area contributed by atoms with Crippen LogP contribution in [0.5, 0.6) is 0 Å². The average molecular weight is 280 g/mol. The molecule has 1 amide bonds. The number of nitrogens with one attached hydrogen (secondary N) is 1. The number of thiophene rings is 1. The molecule has 0 aliphatic heterocycles. The van der Waals surface area contributed by atoms with Gasteiger partial charge >= 0.3 is 0 Å². The molecule has 19 heavy (non-hydrogen) atoms. The Balaban J connectivity index is 1.44. The van der Waals surface area contributed by atoms with Crippen LogP contribution in [0.2, 0.25) is 0 Å². The van der Waals surface area contributed by atoms with E-state index in [1.165, 1.54) is 24.1 Å². The Hall–Kier alpha value is -0.870. The molecule has 1 saturated carbocycles. The van der Waals surface area contributed by atoms with Crippen LogP contribution in [0.15, 0.2) is 17.5 Å². The van der Waals surface area contributed by atoms with E-state index in [0.717, 1.165) is 19.3 Å². The van der Waals surface area contributed by atoms with E-state index >= 15 is 0 Å². The molecule has 0 aromatic carbocycles. The first-order chi connectivity index (χ1) is 9.25. The second-order valence-electron chi connectivity index (χ2n) is 5.45. The van der Waals surface area contributed by atoms with Crippen molar-refractivity contribution in [2.45, 2.75) is 51.0 Å². The van der Waals surface area contributed by atoms with Crippen LogP contribution in [0.3, 0.4) is 0 Å². The van der Waals surface area contributed by atoms with E-state index in [4.69, 9.17) is 5.73 Å². The molecule has 1 aromatic rings. The van der Waals surface area contributed by atoms with Crippen LogP contribution >= 0.6 is 11.3 Å². The largest absolute Gasteiger partial charge is 0.355 e. The van der Waals surface area contributed by atoms with E-state index in [0.29, 0.717) is 18.9 Å². The van der Waals surface area contributed by atoms with E-state index < -0.39 is 0 Å². The summed E-state index contributed by atoms with van der Waals surface area (Å²) in [7, 11) is 0. The van der Waals surface area contributed by atoms with Crippen molar-refractivity contribution in [1.82, 2.24) is 5.32 Å². The quantitative estimate of drug-likeness (QED) is 0.683. The Morgan fingerprint density at radius 3 is 2.95 bits per heavy atom. The summed E-state index contributed by atoms with van der Waals surface area (Å²) in [4.78, 5) is 13.1. The van der Waals surface area contributed by atoms with Crippen molar-refractivity contribution in [3.8, 4) is 0 Å². The molecule has 4 heteroatoms. The zero-order chi connectivity index (χ0) is 13.5. The highest BCUT2D eigenvalue weighted by Gasteiger charge is 2.28. The summed E-state index contributed by atoms with van der Waals surface area (Å²) in [5.74, 6) is 0.818. The number of carbonyl (C=O) groups is 1. The Morgan fingerprint density at radius 1 is 1.42 bits per heavy atom. The van der Waals surface area contributed by atoms with Crippen molar-refractivity contribution in [3.05, 3.63) is 22.4 Å². The molecule has 0 spiro atoms. The van der Waals surface area contributed by atoms with Crippen molar-refractivity contribution in [3.63, 3.8) is 0 Å². The molecule has 1 fully saturated rings. The minimum absolute atomic E-state index is 0.159. The van der Waals surface area contributed by atoms with Gasteiger partial charge in [0.15, 0.2) is 0 Å². The maximum atomic E-state index is 11.6. The number of rotatable bonds is 9. The number of unbranched alkanes of at least 4 members (excludes halogenated alkanes) is 2. The SMILES string of the molecule is NC(CNC(=O)CCCCCc1cccs1)C1CC1. The fourth-order valence-corrected chi connectivity index (χ4v) is 2.98. The lowest BCUT2D eigenvalue weighted by molar-refractivity contribution is -0.121. The molecule has 1 atom stereocenters. The van der Waals surface area contributed by atoms with Gasteiger partial charge in [-0.15, -0.1) is 11.3 Å². The number of carbonyl (C=O) groups excluding carboxylic acids is 1. The van der Waals surface area contributed by atoms with Gasteiger partial charge in [-0.05, 0) is 49.5 Å². The Kier molecular flexibility index (Phi) is 5.86. The van der Waals surface area contributed by atoms with Gasteiger partial charge in [-0.25, -0.2) is 0 Å². The second kappa shape index (κ2) is 7.65. The van der Waals surface area contributed by atoms with Crippen molar-refractivity contribution in [2.75, 3.05) is 6.54 Å². The minimum atomic E-state index is 0.159. The van der Waals surface area contributed by atoms with Gasteiger partial charge in [0.25, 0.3) is 0 Å². The van der Waals surface area contributed by atoms with E-state index in [-0.39, 0.29) is 11.9 Å². The molecule has 3 nitrogen and oxygen atoms in total. The molecule has 0 saturated heterocycles. The summed E-state index contributed by atoms with van der Waals surface area (Å²) in [6, 6.07) is 4.44. The fraction of sp³-hybridized carbons (Fsp3) is 0.667. The number of hydrogen-bond acceptors (Lipinski definition) is 3. The molecule has 2 rings (SSSR count). The topological polar surface area (TPSA) is 55.1 Å². The van der Waals surface area contributed by atoms with Gasteiger partial charge in [-0.3, -0.25) is 4.79 Å². The smallest absolute Gasteiger partial charge is 0.220 e. The maximum Gasteiger partial charge on any atom is 0.220 e. The number of amides is 1. The van der Waals surface area contributed by atoms with Crippen molar-refractivity contribution in [1.29, 1.82) is 0 Å². The molecule has 1 aromatic heterocycles. The number of aryl methyl sites for hydroxylation is 1. The molecule has 1 aliphatic carbocycles. The highest BCUT2D eigenvalue weighted by molar-refractivity contribution is 7.09. The van der Waals surface area contributed by atoms with Gasteiger partial charge in [0, 0.05) is 23.9 Å². The van der Waals surface area contributed by atoms with Gasteiger partial charge in [0.05, 0.1) is 0 Å². The summed E-state index contributed by atoms with van der Waals surface area (Å²) in [6.07, 6.45) is 7.54. The molecular formula is C15H24N2OS. The lowest BCUT2D eigenvalue weighted by Gasteiger charge is -2.11. The van der Waals surface area contributed by atoms with Gasteiger partial charge < -0.3 is 11.1 Å². The fourth-order valence-electron chi connectivity index (χ4n) is 2.23. The molecule has 0 radical (unpaired) electrons. The average Bonchev–Trinajstić information content (AvgIpc) is 3.13. The number of nitrogens with two attached hydrogens (primary N) is 1. The second-order valence-corrected chi connectivity index (χ2v) is 6.48. The molecule has 3 N–H and O–H groups in total. The highest BCUT2D eigenvalue weighted by atomic mass is 32.1. The van der Waals surface area contributed by atoms with Crippen LogP contribution in [-0.2, 0) is 11.2 Å². The lowest BCUT2D eigenvalue weighted by Crippen LogP contribution is -2.38. The van der Waals surface area contributed by atoms with Gasteiger partial charge in [0.2, 0.25) is 5.91 Å². The highest BCUT2D eigenvalue weighted by Crippen LogP contribution is 2.31. The van der Waals surface area contributed by atoms with Crippen molar-refractivity contribution < 1.29 is 4.79 Å². The zero-order valence-corrected chi connectivity index (χ0v) is 12.3. The summed E-state index contributed by atoms with van der Waals surface area (Å²) < 4.78 is 0. The zero-order valence-electron chi connectivity index (χ0n) is 11.4. The summed E-state index contributed by atoms with van der Waals surface area (Å²) in [5.41, 5.74) is 5.94. The first-order valence-corrected chi connectivity index (χ1v) is 8.18. The molecule has 1 heterocycles. The summed E-state index contributed by atoms with van der Waals surface area (Å²) in [6.45, 7) is 0.651. The van der Waals surface area contributed by atoms with E-state index in [1.54, 1.807) is 0 Å². The van der Waals surface area contributed by atoms with Crippen molar-refractivity contribution in [2.24, 2.45) is 11.7 Å². The van der Waals surface area contributed by atoms with Crippen LogP contribution in [0.25, 0.3) is 0 Å². The Bertz CT molecular complexity index is 374. The van der Waals surface area contributed by atoms with Crippen LogP contribution in [0.1, 0.15) is 43.4 Å². The maximum absolute atomic E-state index is 11.6. The van der Waals surface area contributed by atoms with Gasteiger partial charge in [0.1, 0.15) is 0 Å². The van der Waals surface area contributed by atoms with Crippen molar-refractivity contribution >= 4 is 17.2 Å². The standard InChI is InChI=1S/C15H24N2OS/c16-14(12-8-9-12)11-17-15(18)7-3-1-2-5-13-6-4-10-19-13/h4,6,10,12,14H,1-3,5,7-9,11,16H2,(H,17,18). The predicted octanol–water partition coefficient (Wildman–Crippen LogP) is 2.70. The first kappa shape index (κ1) is 14.5. The third-order valence-electron chi connectivity index (χ3n) is 3.67. The lowest BCUT2D eigenvalue weighted by atomic mass is 10.1. The Morgan fingerprint density at radius 2 is 2.26 bits per heavy atom. The molecule has 0 bridgehead atoms. The molecule has 106 valence electrons. The molecule has 1 aliphatic rings. The van der Waals surface area contributed by atoms with Gasteiger partial charge in [-0.1, -0.05) is 12.5 Å². The third-order valence-corrected chi connectivity index (χ3v) is 4.61. The third kappa shape index (κ3) is 5.74. The predicted molar refractivity (Wildman–Crippen MR) is 80.2 cm³/mol. The normalized spacial score (nSPS) is 16.3. The summed E-state index contributed by atoms with van der Waals surface area (Å²) in [5, 5.41) is 5.06. The monoisotopic (exact) mass is 280 g/mol. The molecule has 1 unspecified atom stereocenters. The minimum Gasteiger partial charge on any atom is -0.355 e. The summed E-state index contributed by atoms with van der Waals surface area (Å²) >= 11 is 1.81. The van der Waals surface area contributed by atoms with Crippen LogP contribution < -0.4 is 11.1 Å². The van der Waals surface area contributed by atoms with E-state index in [1.807, 2.05) is 11.3 Å².